The number of hydrogen-bond donors (Lipinski definition) is 3. The average molecular weight is 438 g/mol. The van der Waals surface area contributed by atoms with Crippen molar-refractivity contribution in [1.82, 2.24) is 25.2 Å². The molecule has 3 amide bonds. The van der Waals surface area contributed by atoms with E-state index in [0.29, 0.717) is 34.4 Å². The van der Waals surface area contributed by atoms with Gasteiger partial charge in [-0.25, -0.2) is 14.6 Å². The number of urea groups is 1. The van der Waals surface area contributed by atoms with Gasteiger partial charge in [0, 0.05) is 28.6 Å². The monoisotopic (exact) mass is 438 g/mol. The second kappa shape index (κ2) is 7.51. The van der Waals surface area contributed by atoms with Gasteiger partial charge < -0.3 is 15.4 Å². The fourth-order valence-electron chi connectivity index (χ4n) is 3.19. The summed E-state index contributed by atoms with van der Waals surface area (Å²) < 4.78 is 6.74. The Labute approximate surface area is 180 Å². The van der Waals surface area contributed by atoms with E-state index in [-0.39, 0.29) is 11.7 Å². The van der Waals surface area contributed by atoms with E-state index < -0.39 is 11.9 Å². The molecule has 4 heterocycles. The maximum atomic E-state index is 12.0. The number of anilines is 1. The molecule has 0 unspecified atom stereocenters. The van der Waals surface area contributed by atoms with Crippen LogP contribution in [0.15, 0.2) is 29.4 Å². The van der Waals surface area contributed by atoms with Crippen molar-refractivity contribution in [2.45, 2.75) is 25.8 Å². The van der Waals surface area contributed by atoms with Crippen molar-refractivity contribution in [2.24, 2.45) is 0 Å². The van der Waals surface area contributed by atoms with Crippen LogP contribution in [0.1, 0.15) is 35.0 Å². The lowest BCUT2D eigenvalue weighted by Gasteiger charge is -2.09. The van der Waals surface area contributed by atoms with E-state index in [9.17, 15) is 14.4 Å². The van der Waals surface area contributed by atoms with Crippen LogP contribution in [-0.4, -0.2) is 45.2 Å². The Bertz CT molecular complexity index is 1260. The molecule has 2 fully saturated rings. The van der Waals surface area contributed by atoms with Crippen molar-refractivity contribution >= 4 is 46.8 Å². The van der Waals surface area contributed by atoms with Crippen LogP contribution in [0.2, 0.25) is 0 Å². The average Bonchev–Trinajstić information content (AvgIpc) is 3.12. The first-order valence-corrected chi connectivity index (χ1v) is 10.6. The highest BCUT2D eigenvalue weighted by Crippen LogP contribution is 2.31. The summed E-state index contributed by atoms with van der Waals surface area (Å²) in [6, 6.07) is 3.45. The number of fused-ring (bicyclic) bond motifs is 1. The van der Waals surface area contributed by atoms with E-state index in [1.54, 1.807) is 23.7 Å². The number of carbonyl (C=O) groups is 3. The third kappa shape index (κ3) is 3.75. The zero-order chi connectivity index (χ0) is 21.5. The third-order valence-corrected chi connectivity index (χ3v) is 5.73. The molecule has 3 aromatic heterocycles. The number of aromatic nitrogens is 3. The summed E-state index contributed by atoms with van der Waals surface area (Å²) in [5.74, 6) is -0.112. The van der Waals surface area contributed by atoms with Gasteiger partial charge in [-0.2, -0.15) is 9.61 Å². The van der Waals surface area contributed by atoms with Crippen molar-refractivity contribution in [3.05, 3.63) is 39.8 Å². The molecular formula is C20H18N6O4S. The Morgan fingerprint density at radius 2 is 2.19 bits per heavy atom. The number of hydrogen-bond acceptors (Lipinski definition) is 8. The lowest BCUT2D eigenvalue weighted by molar-refractivity contribution is -0.115. The summed E-state index contributed by atoms with van der Waals surface area (Å²) in [6.45, 7) is 2.07. The Morgan fingerprint density at radius 1 is 1.35 bits per heavy atom. The normalized spacial score (nSPS) is 17.1. The second-order valence-electron chi connectivity index (χ2n) is 7.17. The molecule has 0 radical (unpaired) electrons. The van der Waals surface area contributed by atoms with E-state index >= 15 is 0 Å². The maximum absolute atomic E-state index is 12.0. The molecule has 2 aliphatic rings. The molecule has 3 N–H and O–H groups in total. The van der Waals surface area contributed by atoms with Crippen LogP contribution in [0.3, 0.4) is 0 Å². The minimum Gasteiger partial charge on any atom is -0.462 e. The van der Waals surface area contributed by atoms with Gasteiger partial charge in [-0.15, -0.1) is 11.3 Å². The molecule has 158 valence electrons. The van der Waals surface area contributed by atoms with Crippen LogP contribution in [0.5, 0.6) is 0 Å². The minimum absolute atomic E-state index is 0.129. The first kappa shape index (κ1) is 19.2. The van der Waals surface area contributed by atoms with Crippen LogP contribution in [0.25, 0.3) is 23.0 Å². The molecule has 3 aromatic rings. The minimum atomic E-state index is -0.567. The standard InChI is InChI=1S/C20H18N6O4S/c1-2-30-19(28)15-6-11(9-31-15)13-7-16(22-12-3-4-12)26-17(23-13)10(8-21-26)5-14-18(27)25-20(29)24-14/h5-9,12,22H,2-4H2,1H3,(H2,24,25,27,29)/b14-5-. The first-order valence-electron chi connectivity index (χ1n) is 9.77. The van der Waals surface area contributed by atoms with Crippen molar-refractivity contribution in [3.8, 4) is 11.3 Å². The third-order valence-electron chi connectivity index (χ3n) is 4.82. The molecule has 0 atom stereocenters. The molecular weight excluding hydrogens is 420 g/mol. The highest BCUT2D eigenvalue weighted by atomic mass is 32.1. The Balaban J connectivity index is 1.59. The molecule has 0 bridgehead atoms. The number of nitrogens with one attached hydrogen (secondary N) is 3. The van der Waals surface area contributed by atoms with E-state index in [0.717, 1.165) is 24.2 Å². The summed E-state index contributed by atoms with van der Waals surface area (Å²) in [5, 5.41) is 14.3. The molecule has 31 heavy (non-hydrogen) atoms. The lowest BCUT2D eigenvalue weighted by atomic mass is 10.2. The molecule has 11 heteroatoms. The zero-order valence-electron chi connectivity index (χ0n) is 16.5. The second-order valence-corrected chi connectivity index (χ2v) is 8.08. The van der Waals surface area contributed by atoms with Gasteiger partial charge in [0.1, 0.15) is 16.4 Å². The van der Waals surface area contributed by atoms with Crippen LogP contribution in [-0.2, 0) is 9.53 Å². The molecule has 1 saturated carbocycles. The van der Waals surface area contributed by atoms with Crippen molar-refractivity contribution in [3.63, 3.8) is 0 Å². The molecule has 0 aromatic carbocycles. The van der Waals surface area contributed by atoms with Gasteiger partial charge in [0.2, 0.25) is 0 Å². The summed E-state index contributed by atoms with van der Waals surface area (Å²) in [7, 11) is 0. The highest BCUT2D eigenvalue weighted by molar-refractivity contribution is 7.12. The van der Waals surface area contributed by atoms with E-state index in [1.165, 1.54) is 17.4 Å². The zero-order valence-corrected chi connectivity index (χ0v) is 17.3. The fraction of sp³-hybridized carbons (Fsp3) is 0.250. The van der Waals surface area contributed by atoms with Gasteiger partial charge in [0.25, 0.3) is 5.91 Å². The SMILES string of the molecule is CCOC(=O)c1cc(-c2cc(NC3CC3)n3ncc(/C=C4\NC(=O)NC4=O)c3n2)cs1. The summed E-state index contributed by atoms with van der Waals surface area (Å²) in [4.78, 5) is 40.6. The van der Waals surface area contributed by atoms with E-state index in [1.807, 2.05) is 11.4 Å². The summed E-state index contributed by atoms with van der Waals surface area (Å²) in [6.07, 6.45) is 5.29. The lowest BCUT2D eigenvalue weighted by Crippen LogP contribution is -2.22. The van der Waals surface area contributed by atoms with Crippen LogP contribution in [0, 0.1) is 0 Å². The Morgan fingerprint density at radius 3 is 2.90 bits per heavy atom. The topological polar surface area (TPSA) is 127 Å². The number of imide groups is 1. The number of rotatable bonds is 6. The highest BCUT2D eigenvalue weighted by Gasteiger charge is 2.25. The van der Waals surface area contributed by atoms with E-state index in [4.69, 9.17) is 9.72 Å². The van der Waals surface area contributed by atoms with Crippen LogP contribution < -0.4 is 16.0 Å². The number of ether oxygens (including phenoxy) is 1. The quantitative estimate of drug-likeness (QED) is 0.306. The number of amides is 3. The van der Waals surface area contributed by atoms with Gasteiger partial charge in [-0.1, -0.05) is 0 Å². The predicted octanol–water partition coefficient (Wildman–Crippen LogP) is 2.39. The van der Waals surface area contributed by atoms with Crippen LogP contribution in [0.4, 0.5) is 10.6 Å². The van der Waals surface area contributed by atoms with Gasteiger partial charge in [0.05, 0.1) is 18.5 Å². The molecule has 1 aliphatic carbocycles. The van der Waals surface area contributed by atoms with Crippen LogP contribution >= 0.6 is 11.3 Å². The fourth-order valence-corrected chi connectivity index (χ4v) is 3.98. The molecule has 10 nitrogen and oxygen atoms in total. The predicted molar refractivity (Wildman–Crippen MR) is 114 cm³/mol. The smallest absolute Gasteiger partial charge is 0.348 e. The number of nitrogens with zero attached hydrogens (tertiary/aromatic N) is 3. The van der Waals surface area contributed by atoms with Crippen molar-refractivity contribution < 1.29 is 19.1 Å². The number of thiophene rings is 1. The van der Waals surface area contributed by atoms with Gasteiger partial charge in [0.15, 0.2) is 5.65 Å². The Kier molecular flexibility index (Phi) is 4.66. The van der Waals surface area contributed by atoms with Gasteiger partial charge in [-0.05, 0) is 31.9 Å². The van der Waals surface area contributed by atoms with Gasteiger partial charge >= 0.3 is 12.0 Å². The Hall–Kier alpha value is -3.73. The number of esters is 1. The summed E-state index contributed by atoms with van der Waals surface area (Å²) >= 11 is 1.29. The van der Waals surface area contributed by atoms with E-state index in [2.05, 4.69) is 21.0 Å². The number of carbonyl (C=O) groups excluding carboxylic acids is 3. The van der Waals surface area contributed by atoms with Gasteiger partial charge in [-0.3, -0.25) is 10.1 Å². The largest absolute Gasteiger partial charge is 0.462 e. The molecule has 1 saturated heterocycles. The van der Waals surface area contributed by atoms with Crippen molar-refractivity contribution in [1.29, 1.82) is 0 Å². The molecule has 1 aliphatic heterocycles. The molecule has 5 rings (SSSR count). The maximum Gasteiger partial charge on any atom is 0.348 e. The molecule has 0 spiro atoms. The first-order chi connectivity index (χ1) is 15.0. The van der Waals surface area contributed by atoms with Crippen molar-refractivity contribution in [2.75, 3.05) is 11.9 Å². The summed E-state index contributed by atoms with van der Waals surface area (Å²) in [5.41, 5.74) is 2.66.